The highest BCUT2D eigenvalue weighted by atomic mass is 35.5. The van der Waals surface area contributed by atoms with Gasteiger partial charge >= 0.3 is 0 Å². The van der Waals surface area contributed by atoms with Gasteiger partial charge in [0.15, 0.2) is 0 Å². The van der Waals surface area contributed by atoms with Gasteiger partial charge in [0.25, 0.3) is 0 Å². The van der Waals surface area contributed by atoms with Crippen molar-refractivity contribution in [2.24, 2.45) is 17.8 Å². The van der Waals surface area contributed by atoms with Crippen molar-refractivity contribution in [2.45, 2.75) is 25.7 Å². The number of carbonyl (C=O) groups is 1. The number of amides is 1. The normalized spacial score (nSPS) is 28.2. The van der Waals surface area contributed by atoms with Crippen molar-refractivity contribution in [3.05, 3.63) is 40.4 Å². The molecule has 106 valence electrons. The average Bonchev–Trinajstić information content (AvgIpc) is 3.05. The Morgan fingerprint density at radius 2 is 1.70 bits per heavy atom. The van der Waals surface area contributed by atoms with Crippen LogP contribution in [0.4, 0.5) is 5.69 Å². The van der Waals surface area contributed by atoms with Crippen LogP contribution in [0.1, 0.15) is 25.7 Å². The number of hydrogen-bond acceptors (Lipinski definition) is 1. The van der Waals surface area contributed by atoms with Crippen LogP contribution in [0, 0.1) is 17.8 Å². The third kappa shape index (κ3) is 2.87. The molecule has 1 aromatic rings. The number of carbonyl (C=O) groups excluding carboxylic acids is 1. The molecule has 2 aliphatic rings. The Hall–Kier alpha value is -0.990. The number of rotatable bonds is 2. The second kappa shape index (κ2) is 5.79. The Labute approximate surface area is 129 Å². The fraction of sp³-hybridized carbons (Fsp3) is 0.438. The first kappa shape index (κ1) is 14.0. The lowest BCUT2D eigenvalue weighted by atomic mass is 10.1. The van der Waals surface area contributed by atoms with E-state index in [4.69, 9.17) is 23.2 Å². The summed E-state index contributed by atoms with van der Waals surface area (Å²) in [5, 5.41) is 3.94. The van der Waals surface area contributed by atoms with Gasteiger partial charge in [-0.1, -0.05) is 35.4 Å². The standard InChI is InChI=1S/C16H17Cl2NO/c17-13-8-7-10(9-14(13)18)19-16(20)15-11-5-3-1-2-4-6-12(11)15/h1-2,7-9,11-12,15H,3-6H2,(H,19,20)/t11-,12-/m1/s1. The van der Waals surface area contributed by atoms with Crippen LogP contribution < -0.4 is 5.32 Å². The lowest BCUT2D eigenvalue weighted by Gasteiger charge is -2.06. The van der Waals surface area contributed by atoms with Crippen molar-refractivity contribution >= 4 is 34.8 Å². The minimum Gasteiger partial charge on any atom is -0.326 e. The van der Waals surface area contributed by atoms with E-state index in [1.807, 2.05) is 0 Å². The quantitative estimate of drug-likeness (QED) is 0.771. The molecule has 1 aromatic carbocycles. The maximum atomic E-state index is 12.4. The third-order valence-electron chi connectivity index (χ3n) is 4.32. The molecular formula is C16H17Cl2NO. The Balaban J connectivity index is 1.64. The van der Waals surface area contributed by atoms with E-state index in [0.29, 0.717) is 21.9 Å². The highest BCUT2D eigenvalue weighted by Gasteiger charge is 2.53. The molecule has 0 radical (unpaired) electrons. The maximum Gasteiger partial charge on any atom is 0.228 e. The van der Waals surface area contributed by atoms with Crippen LogP contribution in [0.15, 0.2) is 30.4 Å². The molecule has 20 heavy (non-hydrogen) atoms. The first-order valence-electron chi connectivity index (χ1n) is 7.08. The maximum absolute atomic E-state index is 12.4. The van der Waals surface area contributed by atoms with Crippen LogP contribution in [-0.2, 0) is 4.79 Å². The molecule has 1 amide bonds. The summed E-state index contributed by atoms with van der Waals surface area (Å²) in [5.41, 5.74) is 0.724. The summed E-state index contributed by atoms with van der Waals surface area (Å²) in [4.78, 5) is 12.4. The second-order valence-electron chi connectivity index (χ2n) is 5.60. The number of allylic oxidation sites excluding steroid dienone is 2. The molecule has 1 saturated carbocycles. The second-order valence-corrected chi connectivity index (χ2v) is 6.41. The van der Waals surface area contributed by atoms with Gasteiger partial charge in [0.05, 0.1) is 10.0 Å². The smallest absolute Gasteiger partial charge is 0.228 e. The average molecular weight is 310 g/mol. The van der Waals surface area contributed by atoms with E-state index in [9.17, 15) is 4.79 Å². The number of nitrogens with one attached hydrogen (secondary N) is 1. The minimum absolute atomic E-state index is 0.125. The molecule has 1 fully saturated rings. The molecule has 2 atom stereocenters. The molecule has 0 spiro atoms. The summed E-state index contributed by atoms with van der Waals surface area (Å²) in [6.07, 6.45) is 8.92. The van der Waals surface area contributed by atoms with Crippen LogP contribution in [0.3, 0.4) is 0 Å². The van der Waals surface area contributed by atoms with Gasteiger partial charge in [-0.05, 0) is 55.7 Å². The van der Waals surface area contributed by atoms with E-state index in [0.717, 1.165) is 31.4 Å². The zero-order chi connectivity index (χ0) is 14.1. The number of fused-ring (bicyclic) bond motifs is 1. The highest BCUT2D eigenvalue weighted by molar-refractivity contribution is 6.42. The molecule has 0 aliphatic heterocycles. The van der Waals surface area contributed by atoms with E-state index in [-0.39, 0.29) is 11.8 Å². The first-order valence-corrected chi connectivity index (χ1v) is 7.83. The molecular weight excluding hydrogens is 293 g/mol. The predicted octanol–water partition coefficient (Wildman–Crippen LogP) is 4.92. The number of halogens is 2. The molecule has 2 aliphatic carbocycles. The lowest BCUT2D eigenvalue weighted by Crippen LogP contribution is -2.15. The van der Waals surface area contributed by atoms with Crippen LogP contribution in [0.25, 0.3) is 0 Å². The van der Waals surface area contributed by atoms with E-state index < -0.39 is 0 Å². The predicted molar refractivity (Wildman–Crippen MR) is 83.2 cm³/mol. The zero-order valence-corrected chi connectivity index (χ0v) is 12.6. The van der Waals surface area contributed by atoms with Gasteiger partial charge in [-0.3, -0.25) is 4.79 Å². The van der Waals surface area contributed by atoms with E-state index in [1.165, 1.54) is 0 Å². The van der Waals surface area contributed by atoms with Crippen LogP contribution in [0.2, 0.25) is 10.0 Å². The Morgan fingerprint density at radius 1 is 1.05 bits per heavy atom. The van der Waals surface area contributed by atoms with Crippen LogP contribution >= 0.6 is 23.2 Å². The van der Waals surface area contributed by atoms with Crippen molar-refractivity contribution in [3.8, 4) is 0 Å². The Kier molecular flexibility index (Phi) is 4.04. The molecule has 0 heterocycles. The van der Waals surface area contributed by atoms with Crippen molar-refractivity contribution in [1.82, 2.24) is 0 Å². The molecule has 0 aromatic heterocycles. The third-order valence-corrected chi connectivity index (χ3v) is 5.06. The summed E-state index contributed by atoms with van der Waals surface area (Å²) in [7, 11) is 0. The molecule has 0 bridgehead atoms. The molecule has 0 saturated heterocycles. The van der Waals surface area contributed by atoms with Crippen LogP contribution in [0.5, 0.6) is 0 Å². The van der Waals surface area contributed by atoms with Gasteiger partial charge in [-0.15, -0.1) is 0 Å². The topological polar surface area (TPSA) is 29.1 Å². The van der Waals surface area contributed by atoms with Gasteiger partial charge in [-0.2, -0.15) is 0 Å². The van der Waals surface area contributed by atoms with Crippen molar-refractivity contribution in [2.75, 3.05) is 5.32 Å². The lowest BCUT2D eigenvalue weighted by molar-refractivity contribution is -0.117. The summed E-state index contributed by atoms with van der Waals surface area (Å²) < 4.78 is 0. The van der Waals surface area contributed by atoms with Crippen molar-refractivity contribution in [1.29, 1.82) is 0 Å². The molecule has 0 unspecified atom stereocenters. The fourth-order valence-corrected chi connectivity index (χ4v) is 3.53. The largest absolute Gasteiger partial charge is 0.326 e. The minimum atomic E-state index is 0.125. The van der Waals surface area contributed by atoms with E-state index >= 15 is 0 Å². The van der Waals surface area contributed by atoms with Gasteiger partial charge in [0, 0.05) is 11.6 Å². The molecule has 3 rings (SSSR count). The van der Waals surface area contributed by atoms with Gasteiger partial charge < -0.3 is 5.32 Å². The van der Waals surface area contributed by atoms with E-state index in [1.54, 1.807) is 18.2 Å². The van der Waals surface area contributed by atoms with Gasteiger partial charge in [-0.25, -0.2) is 0 Å². The van der Waals surface area contributed by atoms with Gasteiger partial charge in [0.1, 0.15) is 0 Å². The number of hydrogen-bond donors (Lipinski definition) is 1. The van der Waals surface area contributed by atoms with Gasteiger partial charge in [0.2, 0.25) is 5.91 Å². The number of anilines is 1. The zero-order valence-electron chi connectivity index (χ0n) is 11.1. The summed E-state index contributed by atoms with van der Waals surface area (Å²) in [5.74, 6) is 1.41. The first-order chi connectivity index (χ1) is 9.66. The van der Waals surface area contributed by atoms with E-state index in [2.05, 4.69) is 17.5 Å². The highest BCUT2D eigenvalue weighted by Crippen LogP contribution is 2.53. The molecule has 1 N–H and O–H groups in total. The van der Waals surface area contributed by atoms with Crippen molar-refractivity contribution < 1.29 is 4.79 Å². The van der Waals surface area contributed by atoms with Crippen molar-refractivity contribution in [3.63, 3.8) is 0 Å². The monoisotopic (exact) mass is 309 g/mol. The fourth-order valence-electron chi connectivity index (χ4n) is 3.23. The molecule has 2 nitrogen and oxygen atoms in total. The SMILES string of the molecule is O=C(Nc1ccc(Cl)c(Cl)c1)C1[C@@H]2CCC=CCC[C@@H]12. The Bertz CT molecular complexity index is 539. The molecule has 4 heteroatoms. The van der Waals surface area contributed by atoms with Crippen LogP contribution in [-0.4, -0.2) is 5.91 Å². The summed E-state index contributed by atoms with van der Waals surface area (Å²) in [6.45, 7) is 0. The summed E-state index contributed by atoms with van der Waals surface area (Å²) in [6, 6.07) is 5.20. The summed E-state index contributed by atoms with van der Waals surface area (Å²) >= 11 is 11.8. The Morgan fingerprint density at radius 3 is 2.30 bits per heavy atom. The number of benzene rings is 1.